The number of halogens is 1. The molecule has 74 valence electrons. The van der Waals surface area contributed by atoms with Gasteiger partial charge in [0, 0.05) is 6.42 Å². The van der Waals surface area contributed by atoms with Crippen LogP contribution in [0.3, 0.4) is 0 Å². The van der Waals surface area contributed by atoms with Gasteiger partial charge in [-0.05, 0) is 13.0 Å². The van der Waals surface area contributed by atoms with Crippen LogP contribution in [0.1, 0.15) is 12.8 Å². The molecule has 0 aliphatic carbocycles. The normalized spacial score (nSPS) is 27.2. The van der Waals surface area contributed by atoms with Gasteiger partial charge in [0.1, 0.15) is 5.33 Å². The summed E-state index contributed by atoms with van der Waals surface area (Å²) >= 11 is 2.84. The third kappa shape index (κ3) is 2.49. The summed E-state index contributed by atoms with van der Waals surface area (Å²) < 4.78 is 4.35. The lowest BCUT2D eigenvalue weighted by molar-refractivity contribution is -0.174. The van der Waals surface area contributed by atoms with E-state index < -0.39 is 17.7 Å². The fourth-order valence-electron chi connectivity index (χ4n) is 1.12. The summed E-state index contributed by atoms with van der Waals surface area (Å²) in [5, 5.41) is 12.1. The van der Waals surface area contributed by atoms with Crippen molar-refractivity contribution in [1.82, 2.24) is 5.32 Å². The molecule has 6 heteroatoms. The first-order valence-electron chi connectivity index (χ1n) is 3.87. The van der Waals surface area contributed by atoms with Gasteiger partial charge in [0.2, 0.25) is 5.72 Å². The molecule has 0 amide bonds. The van der Waals surface area contributed by atoms with Gasteiger partial charge in [0.15, 0.2) is 0 Å². The molecule has 0 saturated carbocycles. The highest BCUT2D eigenvalue weighted by molar-refractivity contribution is 9.09. The van der Waals surface area contributed by atoms with Crippen molar-refractivity contribution in [1.29, 1.82) is 0 Å². The molecule has 0 aromatic rings. The van der Waals surface area contributed by atoms with E-state index in [1.165, 1.54) is 0 Å². The van der Waals surface area contributed by atoms with Gasteiger partial charge in [-0.1, -0.05) is 15.9 Å². The van der Waals surface area contributed by atoms with Crippen molar-refractivity contribution < 1.29 is 19.4 Å². The van der Waals surface area contributed by atoms with Crippen LogP contribution in [0.4, 0.5) is 0 Å². The minimum atomic E-state index is -1.67. The van der Waals surface area contributed by atoms with Crippen molar-refractivity contribution in [3.05, 3.63) is 0 Å². The maximum Gasteiger partial charge on any atom is 0.361 e. The molecular weight excluding hydrogens is 242 g/mol. The predicted octanol–water partition coefficient (Wildman–Crippen LogP) is -0.477. The summed E-state index contributed by atoms with van der Waals surface area (Å²) in [5.74, 6) is -1.62. The second-order valence-electron chi connectivity index (χ2n) is 2.79. The van der Waals surface area contributed by atoms with Gasteiger partial charge in [0.05, 0.1) is 0 Å². The average Bonchev–Trinajstić information content (AvgIpc) is 2.53. The van der Waals surface area contributed by atoms with Crippen molar-refractivity contribution in [3.63, 3.8) is 0 Å². The summed E-state index contributed by atoms with van der Waals surface area (Å²) in [6, 6.07) is 0. The molecule has 0 bridgehead atoms. The van der Waals surface area contributed by atoms with Crippen molar-refractivity contribution >= 4 is 27.9 Å². The number of carbonyl (C=O) groups excluding carboxylic acids is 2. The summed E-state index contributed by atoms with van der Waals surface area (Å²) in [4.78, 5) is 21.9. The summed E-state index contributed by atoms with van der Waals surface area (Å²) in [6.07, 6.45) is 0.968. The highest BCUT2D eigenvalue weighted by atomic mass is 79.9. The highest BCUT2D eigenvalue weighted by Crippen LogP contribution is 2.17. The van der Waals surface area contributed by atoms with E-state index in [4.69, 9.17) is 0 Å². The quantitative estimate of drug-likeness (QED) is 0.394. The third-order valence-electron chi connectivity index (χ3n) is 1.79. The minimum absolute atomic E-state index is 0.0607. The van der Waals surface area contributed by atoms with Gasteiger partial charge < -0.3 is 9.84 Å². The lowest BCUT2D eigenvalue weighted by atomic mass is 10.2. The van der Waals surface area contributed by atoms with Crippen molar-refractivity contribution in [3.8, 4) is 0 Å². The summed E-state index contributed by atoms with van der Waals surface area (Å²) in [5.41, 5.74) is -1.67. The number of rotatable bonds is 2. The Balaban J connectivity index is 2.51. The van der Waals surface area contributed by atoms with E-state index in [-0.39, 0.29) is 11.8 Å². The lowest BCUT2D eigenvalue weighted by Crippen LogP contribution is -2.49. The second kappa shape index (κ2) is 4.17. The van der Waals surface area contributed by atoms with E-state index >= 15 is 0 Å². The van der Waals surface area contributed by atoms with Gasteiger partial charge in [-0.15, -0.1) is 0 Å². The van der Waals surface area contributed by atoms with Crippen LogP contribution >= 0.6 is 15.9 Å². The number of nitrogens with one attached hydrogen (secondary N) is 1. The first kappa shape index (κ1) is 10.6. The van der Waals surface area contributed by atoms with E-state index in [1.54, 1.807) is 0 Å². The number of esters is 2. The van der Waals surface area contributed by atoms with Crippen LogP contribution in [0.15, 0.2) is 0 Å². The molecule has 1 heterocycles. The first-order chi connectivity index (χ1) is 6.08. The van der Waals surface area contributed by atoms with E-state index in [0.29, 0.717) is 13.0 Å². The number of hydrogen-bond donors (Lipinski definition) is 2. The zero-order valence-electron chi connectivity index (χ0n) is 6.88. The van der Waals surface area contributed by atoms with Gasteiger partial charge in [-0.2, -0.15) is 0 Å². The van der Waals surface area contributed by atoms with Crippen molar-refractivity contribution in [2.75, 3.05) is 11.9 Å². The molecule has 1 fully saturated rings. The van der Waals surface area contributed by atoms with E-state index in [2.05, 4.69) is 26.0 Å². The number of hydrogen-bond acceptors (Lipinski definition) is 5. The molecule has 1 saturated heterocycles. The maximum atomic E-state index is 11.2. The Kier molecular flexibility index (Phi) is 3.40. The molecule has 0 radical (unpaired) electrons. The third-order valence-corrected chi connectivity index (χ3v) is 2.24. The summed E-state index contributed by atoms with van der Waals surface area (Å²) in [7, 11) is 0. The number of aliphatic hydroxyl groups is 1. The Hall–Kier alpha value is -0.460. The fourth-order valence-corrected chi connectivity index (χ4v) is 1.23. The second-order valence-corrected chi connectivity index (χ2v) is 3.35. The molecule has 1 aliphatic heterocycles. The molecule has 1 rings (SSSR count). The van der Waals surface area contributed by atoms with Crippen LogP contribution in [0.25, 0.3) is 0 Å². The van der Waals surface area contributed by atoms with Crippen LogP contribution in [0.5, 0.6) is 0 Å². The lowest BCUT2D eigenvalue weighted by Gasteiger charge is -2.18. The fraction of sp³-hybridized carbons (Fsp3) is 0.714. The Labute approximate surface area is 83.6 Å². The van der Waals surface area contributed by atoms with E-state index in [1.807, 2.05) is 0 Å². The van der Waals surface area contributed by atoms with Gasteiger partial charge >= 0.3 is 11.9 Å². The van der Waals surface area contributed by atoms with Gasteiger partial charge in [-0.25, -0.2) is 4.79 Å². The topological polar surface area (TPSA) is 75.6 Å². The molecular formula is C7H10BrNO4. The maximum absolute atomic E-state index is 11.2. The first-order valence-corrected chi connectivity index (χ1v) is 4.99. The van der Waals surface area contributed by atoms with E-state index in [9.17, 15) is 14.7 Å². The molecule has 0 aromatic carbocycles. The van der Waals surface area contributed by atoms with Gasteiger partial charge in [0.25, 0.3) is 0 Å². The number of alkyl halides is 1. The number of ether oxygens (including phenoxy) is 1. The molecule has 2 N–H and O–H groups in total. The van der Waals surface area contributed by atoms with Crippen LogP contribution < -0.4 is 5.32 Å². The van der Waals surface area contributed by atoms with E-state index in [0.717, 1.165) is 0 Å². The molecule has 0 spiro atoms. The van der Waals surface area contributed by atoms with Crippen LogP contribution in [-0.2, 0) is 14.3 Å². The highest BCUT2D eigenvalue weighted by Gasteiger charge is 2.41. The monoisotopic (exact) mass is 251 g/mol. The predicted molar refractivity (Wildman–Crippen MR) is 47.1 cm³/mol. The molecule has 1 atom stereocenters. The Bertz CT molecular complexity index is 225. The molecule has 13 heavy (non-hydrogen) atoms. The molecule has 0 unspecified atom stereocenters. The minimum Gasteiger partial charge on any atom is -0.389 e. The van der Waals surface area contributed by atoms with Crippen LogP contribution in [0.2, 0.25) is 0 Å². The number of carbonyl (C=O) groups is 2. The standard InChI is InChI=1S/C7H10BrNO4/c8-4-5(10)13-6(11)7(12)2-1-3-9-7/h9,12H,1-4H2/t7-/m1/s1. The smallest absolute Gasteiger partial charge is 0.361 e. The molecule has 1 aliphatic rings. The Morgan fingerprint density at radius 3 is 2.77 bits per heavy atom. The zero-order chi connectivity index (χ0) is 9.90. The molecule has 0 aromatic heterocycles. The molecule has 5 nitrogen and oxygen atoms in total. The zero-order valence-corrected chi connectivity index (χ0v) is 8.46. The Morgan fingerprint density at radius 1 is 1.62 bits per heavy atom. The SMILES string of the molecule is O=C(CBr)OC(=O)[C@]1(O)CCCN1. The van der Waals surface area contributed by atoms with Crippen molar-refractivity contribution in [2.24, 2.45) is 0 Å². The van der Waals surface area contributed by atoms with Crippen LogP contribution in [0, 0.1) is 0 Å². The largest absolute Gasteiger partial charge is 0.389 e. The Morgan fingerprint density at radius 2 is 2.31 bits per heavy atom. The van der Waals surface area contributed by atoms with Crippen molar-refractivity contribution in [2.45, 2.75) is 18.6 Å². The van der Waals surface area contributed by atoms with Gasteiger partial charge in [-0.3, -0.25) is 10.1 Å². The summed E-state index contributed by atoms with van der Waals surface area (Å²) in [6.45, 7) is 0.550. The van der Waals surface area contributed by atoms with Crippen LogP contribution in [-0.4, -0.2) is 34.6 Å². The average molecular weight is 252 g/mol.